The second kappa shape index (κ2) is 4.04. The fourth-order valence-corrected chi connectivity index (χ4v) is 1.22. The van der Waals surface area contributed by atoms with Crippen LogP contribution in [0.25, 0.3) is 0 Å². The fraction of sp³-hybridized carbons (Fsp3) is 0.182. The number of benzene rings is 1. The van der Waals surface area contributed by atoms with Crippen LogP contribution in [0.4, 0.5) is 0 Å². The van der Waals surface area contributed by atoms with Crippen LogP contribution in [0.1, 0.15) is 5.69 Å². The monoisotopic (exact) mass is 204 g/mol. The first-order chi connectivity index (χ1) is 7.28. The number of H-pyrrole nitrogens is 1. The van der Waals surface area contributed by atoms with Crippen molar-refractivity contribution in [3.05, 3.63) is 36.2 Å². The number of hydrogen-bond acceptors (Lipinski definition) is 3. The molecule has 78 valence electrons. The van der Waals surface area contributed by atoms with Crippen LogP contribution < -0.4 is 9.47 Å². The molecule has 15 heavy (non-hydrogen) atoms. The molecule has 0 saturated heterocycles. The molecule has 1 N–H and O–H groups in total. The molecule has 1 heterocycles. The summed E-state index contributed by atoms with van der Waals surface area (Å²) < 4.78 is 10.6. The van der Waals surface area contributed by atoms with Gasteiger partial charge in [-0.3, -0.25) is 0 Å². The van der Waals surface area contributed by atoms with E-state index >= 15 is 0 Å². The Morgan fingerprint density at radius 2 is 2.07 bits per heavy atom. The maximum Gasteiger partial charge on any atom is 0.299 e. The smallest absolute Gasteiger partial charge is 0.299 e. The zero-order valence-electron chi connectivity index (χ0n) is 8.65. The molecule has 0 fully saturated rings. The van der Waals surface area contributed by atoms with Crippen molar-refractivity contribution in [2.75, 3.05) is 7.11 Å². The molecule has 0 aliphatic carbocycles. The highest BCUT2D eigenvalue weighted by Crippen LogP contribution is 2.22. The summed E-state index contributed by atoms with van der Waals surface area (Å²) in [7, 11) is 1.62. The van der Waals surface area contributed by atoms with E-state index in [0.29, 0.717) is 11.8 Å². The third kappa shape index (κ3) is 2.28. The number of aromatic nitrogens is 2. The van der Waals surface area contributed by atoms with Crippen molar-refractivity contribution in [1.29, 1.82) is 0 Å². The topological polar surface area (TPSA) is 47.1 Å². The molecule has 2 aromatic rings. The second-order valence-corrected chi connectivity index (χ2v) is 3.15. The van der Waals surface area contributed by atoms with Crippen LogP contribution in [0.3, 0.4) is 0 Å². The van der Waals surface area contributed by atoms with E-state index in [-0.39, 0.29) is 0 Å². The van der Waals surface area contributed by atoms with Gasteiger partial charge in [-0.15, -0.1) is 0 Å². The number of rotatable bonds is 3. The molecule has 0 radical (unpaired) electrons. The summed E-state index contributed by atoms with van der Waals surface area (Å²) in [6.07, 6.45) is 1.72. The highest BCUT2D eigenvalue weighted by molar-refractivity contribution is 5.34. The molecular formula is C11H12N2O2. The molecule has 0 atom stereocenters. The molecule has 1 aromatic carbocycles. The van der Waals surface area contributed by atoms with E-state index in [1.54, 1.807) is 19.4 Å². The summed E-state index contributed by atoms with van der Waals surface area (Å²) in [5.74, 6) is 1.46. The van der Waals surface area contributed by atoms with Gasteiger partial charge in [0, 0.05) is 11.8 Å². The molecule has 0 aliphatic rings. The number of hydrogen-bond donors (Lipinski definition) is 1. The van der Waals surface area contributed by atoms with Crippen LogP contribution in [0.15, 0.2) is 30.5 Å². The number of nitrogens with one attached hydrogen (secondary N) is 1. The normalized spacial score (nSPS) is 10.0. The summed E-state index contributed by atoms with van der Waals surface area (Å²) in [6.45, 7) is 1.92. The number of aromatic amines is 1. The summed E-state index contributed by atoms with van der Waals surface area (Å²) >= 11 is 0. The van der Waals surface area contributed by atoms with Gasteiger partial charge in [-0.25, -0.2) is 4.98 Å². The van der Waals surface area contributed by atoms with Crippen molar-refractivity contribution in [3.63, 3.8) is 0 Å². The Morgan fingerprint density at radius 3 is 2.73 bits per heavy atom. The van der Waals surface area contributed by atoms with Crippen LogP contribution >= 0.6 is 0 Å². The Bertz CT molecular complexity index is 451. The molecule has 2 rings (SSSR count). The third-order valence-corrected chi connectivity index (χ3v) is 1.94. The van der Waals surface area contributed by atoms with Gasteiger partial charge in [-0.05, 0) is 19.1 Å². The average molecular weight is 204 g/mol. The van der Waals surface area contributed by atoms with Gasteiger partial charge < -0.3 is 14.5 Å². The Kier molecular flexibility index (Phi) is 2.58. The third-order valence-electron chi connectivity index (χ3n) is 1.94. The molecule has 0 amide bonds. The largest absolute Gasteiger partial charge is 0.497 e. The summed E-state index contributed by atoms with van der Waals surface area (Å²) in [6, 6.07) is 7.86. The fourth-order valence-electron chi connectivity index (χ4n) is 1.22. The summed E-state index contributed by atoms with van der Waals surface area (Å²) in [5.41, 5.74) is 0.966. The van der Waals surface area contributed by atoms with Crippen molar-refractivity contribution in [1.82, 2.24) is 9.97 Å². The first-order valence-corrected chi connectivity index (χ1v) is 4.61. The first-order valence-electron chi connectivity index (χ1n) is 4.61. The second-order valence-electron chi connectivity index (χ2n) is 3.15. The van der Waals surface area contributed by atoms with E-state index in [1.807, 2.05) is 25.1 Å². The zero-order chi connectivity index (χ0) is 10.7. The number of nitrogens with zero attached hydrogens (tertiary/aromatic N) is 1. The van der Waals surface area contributed by atoms with Gasteiger partial charge in [0.05, 0.1) is 13.3 Å². The first kappa shape index (κ1) is 9.58. The molecule has 0 saturated carbocycles. The zero-order valence-corrected chi connectivity index (χ0v) is 8.65. The molecule has 0 bridgehead atoms. The Labute approximate surface area is 87.9 Å². The number of methoxy groups -OCH3 is 1. The van der Waals surface area contributed by atoms with E-state index in [2.05, 4.69) is 9.97 Å². The van der Waals surface area contributed by atoms with Crippen molar-refractivity contribution in [2.45, 2.75) is 6.92 Å². The molecule has 0 spiro atoms. The van der Waals surface area contributed by atoms with Crippen LogP contribution in [-0.4, -0.2) is 17.1 Å². The van der Waals surface area contributed by atoms with Gasteiger partial charge in [-0.1, -0.05) is 6.07 Å². The van der Waals surface area contributed by atoms with Gasteiger partial charge in [0.2, 0.25) is 0 Å². The predicted octanol–water partition coefficient (Wildman–Crippen LogP) is 2.52. The van der Waals surface area contributed by atoms with Gasteiger partial charge in [0.25, 0.3) is 6.01 Å². The maximum absolute atomic E-state index is 5.50. The molecule has 1 aromatic heterocycles. The Morgan fingerprint density at radius 1 is 1.27 bits per heavy atom. The lowest BCUT2D eigenvalue weighted by Gasteiger charge is -2.03. The SMILES string of the molecule is COc1cccc(Oc2ncc(C)[nH]2)c1. The quantitative estimate of drug-likeness (QED) is 0.835. The van der Waals surface area contributed by atoms with Crippen molar-refractivity contribution in [3.8, 4) is 17.5 Å². The molecule has 4 nitrogen and oxygen atoms in total. The average Bonchev–Trinajstić information content (AvgIpc) is 2.64. The van der Waals surface area contributed by atoms with Gasteiger partial charge >= 0.3 is 0 Å². The van der Waals surface area contributed by atoms with E-state index in [9.17, 15) is 0 Å². The molecule has 4 heteroatoms. The predicted molar refractivity (Wildman–Crippen MR) is 56.4 cm³/mol. The van der Waals surface area contributed by atoms with E-state index < -0.39 is 0 Å². The van der Waals surface area contributed by atoms with E-state index in [1.165, 1.54) is 0 Å². The summed E-state index contributed by atoms with van der Waals surface area (Å²) in [5, 5.41) is 0. The highest BCUT2D eigenvalue weighted by atomic mass is 16.5. The van der Waals surface area contributed by atoms with Crippen molar-refractivity contribution >= 4 is 0 Å². The van der Waals surface area contributed by atoms with Gasteiger partial charge in [0.15, 0.2) is 0 Å². The molecule has 0 aliphatic heterocycles. The van der Waals surface area contributed by atoms with Gasteiger partial charge in [0.1, 0.15) is 11.5 Å². The van der Waals surface area contributed by atoms with Crippen LogP contribution in [-0.2, 0) is 0 Å². The highest BCUT2D eigenvalue weighted by Gasteiger charge is 2.01. The lowest BCUT2D eigenvalue weighted by Crippen LogP contribution is -1.87. The maximum atomic E-state index is 5.50. The van der Waals surface area contributed by atoms with Crippen molar-refractivity contribution in [2.24, 2.45) is 0 Å². The van der Waals surface area contributed by atoms with Crippen LogP contribution in [0, 0.1) is 6.92 Å². The summed E-state index contributed by atoms with van der Waals surface area (Å²) in [4.78, 5) is 7.04. The van der Waals surface area contributed by atoms with Gasteiger partial charge in [-0.2, -0.15) is 0 Å². The van der Waals surface area contributed by atoms with E-state index in [4.69, 9.17) is 9.47 Å². The Balaban J connectivity index is 2.16. The number of imidazole rings is 1. The Hall–Kier alpha value is -1.97. The minimum Gasteiger partial charge on any atom is -0.497 e. The van der Waals surface area contributed by atoms with Crippen molar-refractivity contribution < 1.29 is 9.47 Å². The lowest BCUT2D eigenvalue weighted by atomic mass is 10.3. The minimum atomic E-state index is 0.487. The van der Waals surface area contributed by atoms with Crippen LogP contribution in [0.5, 0.6) is 17.5 Å². The lowest BCUT2D eigenvalue weighted by molar-refractivity contribution is 0.405. The number of aryl methyl sites for hydroxylation is 1. The van der Waals surface area contributed by atoms with E-state index in [0.717, 1.165) is 11.4 Å². The standard InChI is InChI=1S/C11H12N2O2/c1-8-7-12-11(13-8)15-10-5-3-4-9(6-10)14-2/h3-7H,1-2H3,(H,12,13). The minimum absolute atomic E-state index is 0.487. The van der Waals surface area contributed by atoms with Crippen LogP contribution in [0.2, 0.25) is 0 Å². The molecular weight excluding hydrogens is 192 g/mol. The molecule has 0 unspecified atom stereocenters. The number of ether oxygens (including phenoxy) is 2.